The van der Waals surface area contributed by atoms with Crippen molar-refractivity contribution in [2.75, 3.05) is 13.1 Å². The average Bonchev–Trinajstić information content (AvgIpc) is 2.87. The number of fused-ring (bicyclic) bond motifs is 2. The van der Waals surface area contributed by atoms with Gasteiger partial charge in [0.2, 0.25) is 0 Å². The summed E-state index contributed by atoms with van der Waals surface area (Å²) in [5.74, 6) is 0.100. The van der Waals surface area contributed by atoms with Crippen LogP contribution in [0, 0.1) is 0 Å². The van der Waals surface area contributed by atoms with E-state index in [0.29, 0.717) is 17.6 Å². The number of carbonyl (C=O) groups excluding carboxylic acids is 1. The van der Waals surface area contributed by atoms with Crippen LogP contribution in [0.5, 0.6) is 0 Å². The van der Waals surface area contributed by atoms with Gasteiger partial charge >= 0.3 is 0 Å². The van der Waals surface area contributed by atoms with E-state index < -0.39 is 0 Å². The first-order chi connectivity index (χ1) is 7.83. The van der Waals surface area contributed by atoms with Gasteiger partial charge in [-0.05, 0) is 19.3 Å². The number of carbonyl (C=O) groups is 1. The summed E-state index contributed by atoms with van der Waals surface area (Å²) >= 11 is 0. The monoisotopic (exact) mass is 220 g/mol. The first-order valence-corrected chi connectivity index (χ1v) is 5.87. The highest BCUT2D eigenvalue weighted by atomic mass is 16.2. The van der Waals surface area contributed by atoms with E-state index in [1.807, 2.05) is 4.90 Å². The number of amides is 1. The lowest BCUT2D eigenvalue weighted by molar-refractivity contribution is 0.0748. The van der Waals surface area contributed by atoms with Crippen LogP contribution >= 0.6 is 0 Å². The molecule has 2 unspecified atom stereocenters. The van der Waals surface area contributed by atoms with Crippen molar-refractivity contribution < 1.29 is 4.79 Å². The van der Waals surface area contributed by atoms with Gasteiger partial charge in [-0.2, -0.15) is 5.10 Å². The smallest absolute Gasteiger partial charge is 0.257 e. The molecule has 0 aliphatic carbocycles. The fraction of sp³-hybridized carbons (Fsp3) is 0.636. The number of H-pyrrole nitrogens is 1. The van der Waals surface area contributed by atoms with Crippen LogP contribution in [0.4, 0.5) is 0 Å². The Balaban J connectivity index is 1.73. The molecular weight excluding hydrogens is 204 g/mol. The zero-order valence-electron chi connectivity index (χ0n) is 9.15. The molecule has 16 heavy (non-hydrogen) atoms. The number of hydrogen-bond acceptors (Lipinski definition) is 3. The lowest BCUT2D eigenvalue weighted by Gasteiger charge is -2.23. The van der Waals surface area contributed by atoms with E-state index in [9.17, 15) is 4.79 Å². The summed E-state index contributed by atoms with van der Waals surface area (Å²) < 4.78 is 0. The summed E-state index contributed by atoms with van der Waals surface area (Å²) in [4.78, 5) is 14.1. The van der Waals surface area contributed by atoms with E-state index in [1.165, 1.54) is 12.8 Å². The van der Waals surface area contributed by atoms with E-state index in [1.54, 1.807) is 12.4 Å². The minimum Gasteiger partial charge on any atom is -0.337 e. The number of nitrogens with one attached hydrogen (secondary N) is 2. The van der Waals surface area contributed by atoms with Crippen molar-refractivity contribution in [2.45, 2.75) is 31.3 Å². The standard InChI is InChI=1S/C11H16N4O/c16-11(8-5-12-13-6-8)15-4-3-9-1-2-10(7-15)14-9/h5-6,9-10,14H,1-4,7H2,(H,12,13). The zero-order chi connectivity index (χ0) is 11.0. The molecule has 86 valence electrons. The van der Waals surface area contributed by atoms with E-state index in [-0.39, 0.29) is 5.91 Å². The van der Waals surface area contributed by atoms with Crippen molar-refractivity contribution in [2.24, 2.45) is 0 Å². The maximum atomic E-state index is 12.1. The summed E-state index contributed by atoms with van der Waals surface area (Å²) in [7, 11) is 0. The Bertz CT molecular complexity index is 375. The fourth-order valence-corrected chi connectivity index (χ4v) is 2.68. The number of nitrogens with zero attached hydrogens (tertiary/aromatic N) is 2. The van der Waals surface area contributed by atoms with Crippen LogP contribution in [0.15, 0.2) is 12.4 Å². The molecule has 2 aliphatic rings. The molecule has 2 saturated heterocycles. The highest BCUT2D eigenvalue weighted by Gasteiger charge is 2.31. The van der Waals surface area contributed by atoms with Crippen molar-refractivity contribution in [3.05, 3.63) is 18.0 Å². The zero-order valence-corrected chi connectivity index (χ0v) is 9.15. The van der Waals surface area contributed by atoms with Gasteiger partial charge in [-0.25, -0.2) is 0 Å². The highest BCUT2D eigenvalue weighted by Crippen LogP contribution is 2.21. The van der Waals surface area contributed by atoms with Crippen LogP contribution in [0.25, 0.3) is 0 Å². The van der Waals surface area contributed by atoms with Crippen LogP contribution in [-0.2, 0) is 0 Å². The lowest BCUT2D eigenvalue weighted by atomic mass is 10.1. The van der Waals surface area contributed by atoms with Crippen LogP contribution in [0.1, 0.15) is 29.6 Å². The Kier molecular flexibility index (Phi) is 2.40. The predicted octanol–water partition coefficient (Wildman–Crippen LogP) is 0.376. The van der Waals surface area contributed by atoms with Gasteiger partial charge in [-0.3, -0.25) is 9.89 Å². The van der Waals surface area contributed by atoms with Gasteiger partial charge in [0.05, 0.1) is 11.8 Å². The lowest BCUT2D eigenvalue weighted by Crippen LogP contribution is -2.38. The normalized spacial score (nSPS) is 29.1. The molecule has 5 heteroatoms. The third-order valence-electron chi connectivity index (χ3n) is 3.56. The second-order valence-corrected chi connectivity index (χ2v) is 4.66. The van der Waals surface area contributed by atoms with Crippen molar-refractivity contribution >= 4 is 5.91 Å². The largest absolute Gasteiger partial charge is 0.337 e. The fourth-order valence-electron chi connectivity index (χ4n) is 2.68. The first-order valence-electron chi connectivity index (χ1n) is 5.87. The molecule has 1 amide bonds. The average molecular weight is 220 g/mol. The van der Waals surface area contributed by atoms with E-state index >= 15 is 0 Å². The topological polar surface area (TPSA) is 61.0 Å². The molecule has 1 aromatic heterocycles. The summed E-state index contributed by atoms with van der Waals surface area (Å²) in [6.45, 7) is 1.69. The van der Waals surface area contributed by atoms with E-state index in [4.69, 9.17) is 0 Å². The number of aromatic amines is 1. The predicted molar refractivity (Wildman–Crippen MR) is 59.1 cm³/mol. The maximum absolute atomic E-state index is 12.1. The molecule has 2 N–H and O–H groups in total. The van der Waals surface area contributed by atoms with Crippen LogP contribution < -0.4 is 5.32 Å². The molecule has 0 radical (unpaired) electrons. The molecule has 2 aliphatic heterocycles. The minimum atomic E-state index is 0.100. The molecule has 3 heterocycles. The molecule has 2 atom stereocenters. The summed E-state index contributed by atoms with van der Waals surface area (Å²) in [6, 6.07) is 1.11. The van der Waals surface area contributed by atoms with Crippen molar-refractivity contribution in [1.82, 2.24) is 20.4 Å². The van der Waals surface area contributed by atoms with Gasteiger partial charge in [-0.1, -0.05) is 0 Å². The molecule has 0 spiro atoms. The highest BCUT2D eigenvalue weighted by molar-refractivity contribution is 5.93. The van der Waals surface area contributed by atoms with Crippen molar-refractivity contribution in [3.63, 3.8) is 0 Å². The van der Waals surface area contributed by atoms with Gasteiger partial charge < -0.3 is 10.2 Å². The second kappa shape index (κ2) is 3.90. The summed E-state index contributed by atoms with van der Waals surface area (Å²) in [6.07, 6.45) is 6.79. The number of aromatic nitrogens is 2. The Morgan fingerprint density at radius 3 is 3.06 bits per heavy atom. The van der Waals surface area contributed by atoms with Gasteiger partial charge in [-0.15, -0.1) is 0 Å². The van der Waals surface area contributed by atoms with Crippen LogP contribution in [0.3, 0.4) is 0 Å². The van der Waals surface area contributed by atoms with Gasteiger partial charge in [0.25, 0.3) is 5.91 Å². The minimum absolute atomic E-state index is 0.100. The number of hydrogen-bond donors (Lipinski definition) is 2. The summed E-state index contributed by atoms with van der Waals surface area (Å²) in [5.41, 5.74) is 0.665. The molecule has 5 nitrogen and oxygen atoms in total. The third kappa shape index (κ3) is 1.71. The van der Waals surface area contributed by atoms with E-state index in [2.05, 4.69) is 15.5 Å². The SMILES string of the molecule is O=C(c1cn[nH]c1)N1CCC2CCC(C1)N2. The maximum Gasteiger partial charge on any atom is 0.257 e. The Morgan fingerprint density at radius 2 is 2.25 bits per heavy atom. The van der Waals surface area contributed by atoms with Crippen molar-refractivity contribution in [1.29, 1.82) is 0 Å². The van der Waals surface area contributed by atoms with Crippen LogP contribution in [0.2, 0.25) is 0 Å². The van der Waals surface area contributed by atoms with Crippen LogP contribution in [-0.4, -0.2) is 46.2 Å². The molecule has 2 bridgehead atoms. The quantitative estimate of drug-likeness (QED) is 0.719. The molecule has 0 saturated carbocycles. The van der Waals surface area contributed by atoms with Gasteiger partial charge in [0, 0.05) is 31.4 Å². The molecule has 3 rings (SSSR count). The third-order valence-corrected chi connectivity index (χ3v) is 3.56. The number of rotatable bonds is 1. The Morgan fingerprint density at radius 1 is 1.38 bits per heavy atom. The number of likely N-dealkylation sites (tertiary alicyclic amines) is 1. The molecule has 0 aromatic carbocycles. The van der Waals surface area contributed by atoms with Gasteiger partial charge in [0.15, 0.2) is 0 Å². The first kappa shape index (κ1) is 9.84. The Hall–Kier alpha value is -1.36. The van der Waals surface area contributed by atoms with Crippen molar-refractivity contribution in [3.8, 4) is 0 Å². The second-order valence-electron chi connectivity index (χ2n) is 4.66. The van der Waals surface area contributed by atoms with E-state index in [0.717, 1.165) is 19.5 Å². The molecule has 1 aromatic rings. The molecular formula is C11H16N4O. The Labute approximate surface area is 94.2 Å². The summed E-state index contributed by atoms with van der Waals surface area (Å²) in [5, 5.41) is 10.1. The molecule has 2 fully saturated rings. The van der Waals surface area contributed by atoms with Gasteiger partial charge in [0.1, 0.15) is 0 Å².